The molecule has 0 aliphatic heterocycles. The van der Waals surface area contributed by atoms with E-state index in [2.05, 4.69) is 98.9 Å². The molecule has 0 heterocycles. The minimum atomic E-state index is -0.818. The first-order valence-corrected chi connectivity index (χ1v) is 24.8. The number of aliphatic hydroxyl groups is 1. The molecular formula is C55H92O5. The molecule has 0 bridgehead atoms. The summed E-state index contributed by atoms with van der Waals surface area (Å²) < 4.78 is 10.6. The largest absolute Gasteiger partial charge is 0.462 e. The lowest BCUT2D eigenvalue weighted by atomic mass is 10.0. The lowest BCUT2D eigenvalue weighted by Gasteiger charge is -2.15. The maximum Gasteiger partial charge on any atom is 0.306 e. The zero-order valence-electron chi connectivity index (χ0n) is 38.9. The average molecular weight is 833 g/mol. The molecule has 0 saturated heterocycles. The lowest BCUT2D eigenvalue weighted by molar-refractivity contribution is -0.161. The highest BCUT2D eigenvalue weighted by Crippen LogP contribution is 2.15. The van der Waals surface area contributed by atoms with E-state index in [4.69, 9.17) is 9.47 Å². The van der Waals surface area contributed by atoms with Gasteiger partial charge in [0.2, 0.25) is 0 Å². The topological polar surface area (TPSA) is 72.8 Å². The molecule has 0 amide bonds. The van der Waals surface area contributed by atoms with E-state index in [1.807, 2.05) is 12.2 Å². The third-order valence-corrected chi connectivity index (χ3v) is 10.4. The standard InChI is InChI=1S/C55H92O5/c1-3-5-7-9-11-13-15-17-19-21-23-24-25-26-27-28-29-30-32-33-35-37-39-41-43-45-47-49-54(57)59-52-53(51-56)60-55(58)50-48-46-44-42-40-38-36-34-31-22-20-18-16-14-12-10-8-6-4-2/h6,8,12,14-15,17-18,20-21,23,31,34,38,40,44,46,53,56H,3-5,7,9-11,13,16,19,22,24-30,32-33,35-37,39,41-43,45,47-52H2,1-2H3/b8-6-,14-12-,17-15-,20-18-,23-21-,34-31-,40-38-,46-44-. The SMILES string of the molecule is CC/C=C\C/C=C\C/C=C\C/C=C\C/C=C\C/C=C\CCC(=O)OC(CO)COC(=O)CCCCCCCCCCCCCCCCC/C=C\C/C=C\CCCCCCC. The molecule has 0 aliphatic rings. The van der Waals surface area contributed by atoms with E-state index in [0.717, 1.165) is 64.2 Å². The van der Waals surface area contributed by atoms with Crippen LogP contribution in [0.4, 0.5) is 0 Å². The summed E-state index contributed by atoms with van der Waals surface area (Å²) in [4.78, 5) is 24.4. The first-order chi connectivity index (χ1) is 29.6. The highest BCUT2D eigenvalue weighted by atomic mass is 16.6. The van der Waals surface area contributed by atoms with E-state index in [1.54, 1.807) is 0 Å². The highest BCUT2D eigenvalue weighted by Gasteiger charge is 2.15. The average Bonchev–Trinajstić information content (AvgIpc) is 3.25. The van der Waals surface area contributed by atoms with Crippen molar-refractivity contribution >= 4 is 11.9 Å². The van der Waals surface area contributed by atoms with E-state index in [0.29, 0.717) is 12.8 Å². The second-order valence-electron chi connectivity index (χ2n) is 16.2. The molecule has 0 rings (SSSR count). The fourth-order valence-electron chi connectivity index (χ4n) is 6.67. The van der Waals surface area contributed by atoms with Crippen LogP contribution < -0.4 is 0 Å². The van der Waals surface area contributed by atoms with Crippen molar-refractivity contribution < 1.29 is 24.2 Å². The van der Waals surface area contributed by atoms with Gasteiger partial charge in [0, 0.05) is 12.8 Å². The van der Waals surface area contributed by atoms with Crippen LogP contribution in [0.2, 0.25) is 0 Å². The molecule has 0 saturated carbocycles. The van der Waals surface area contributed by atoms with Crippen molar-refractivity contribution in [3.63, 3.8) is 0 Å². The van der Waals surface area contributed by atoms with Gasteiger partial charge in [0.1, 0.15) is 6.61 Å². The highest BCUT2D eigenvalue weighted by molar-refractivity contribution is 5.70. The normalized spacial score (nSPS) is 13.1. The third-order valence-electron chi connectivity index (χ3n) is 10.4. The van der Waals surface area contributed by atoms with Gasteiger partial charge in [-0.1, -0.05) is 220 Å². The first-order valence-electron chi connectivity index (χ1n) is 24.8. The van der Waals surface area contributed by atoms with Gasteiger partial charge in [-0.05, 0) is 83.5 Å². The molecule has 0 aromatic rings. The number of hydrogen-bond donors (Lipinski definition) is 1. The van der Waals surface area contributed by atoms with Crippen molar-refractivity contribution in [2.45, 2.75) is 225 Å². The Bertz CT molecular complexity index is 1170. The molecule has 0 spiro atoms. The molecule has 0 aliphatic carbocycles. The van der Waals surface area contributed by atoms with Gasteiger partial charge < -0.3 is 14.6 Å². The molecule has 5 nitrogen and oxygen atoms in total. The van der Waals surface area contributed by atoms with Crippen LogP contribution >= 0.6 is 0 Å². The van der Waals surface area contributed by atoms with Crippen molar-refractivity contribution in [2.75, 3.05) is 13.2 Å². The van der Waals surface area contributed by atoms with Crippen LogP contribution in [0, 0.1) is 0 Å². The van der Waals surface area contributed by atoms with Gasteiger partial charge in [-0.3, -0.25) is 9.59 Å². The van der Waals surface area contributed by atoms with Gasteiger partial charge in [0.25, 0.3) is 0 Å². The summed E-state index contributed by atoms with van der Waals surface area (Å²) >= 11 is 0. The minimum absolute atomic E-state index is 0.101. The maximum atomic E-state index is 12.2. The number of aliphatic hydroxyl groups excluding tert-OH is 1. The van der Waals surface area contributed by atoms with Crippen LogP contribution in [0.15, 0.2) is 97.2 Å². The Morgan fingerprint density at radius 1 is 0.400 bits per heavy atom. The second-order valence-corrected chi connectivity index (χ2v) is 16.2. The first kappa shape index (κ1) is 56.8. The van der Waals surface area contributed by atoms with Crippen LogP contribution in [0.3, 0.4) is 0 Å². The monoisotopic (exact) mass is 833 g/mol. The molecule has 0 radical (unpaired) electrons. The Morgan fingerprint density at radius 3 is 1.15 bits per heavy atom. The fourth-order valence-corrected chi connectivity index (χ4v) is 6.67. The van der Waals surface area contributed by atoms with E-state index in [-0.39, 0.29) is 25.6 Å². The van der Waals surface area contributed by atoms with Gasteiger partial charge in [-0.15, -0.1) is 0 Å². The van der Waals surface area contributed by atoms with Gasteiger partial charge >= 0.3 is 11.9 Å². The van der Waals surface area contributed by atoms with Gasteiger partial charge in [0.05, 0.1) is 6.61 Å². The Labute approximate surface area is 370 Å². The number of unbranched alkanes of at least 4 members (excludes halogenated alkanes) is 20. The molecule has 342 valence electrons. The predicted molar refractivity (Wildman–Crippen MR) is 260 cm³/mol. The summed E-state index contributed by atoms with van der Waals surface area (Å²) in [5.41, 5.74) is 0. The maximum absolute atomic E-state index is 12.2. The minimum Gasteiger partial charge on any atom is -0.462 e. The van der Waals surface area contributed by atoms with Crippen LogP contribution in [-0.4, -0.2) is 36.4 Å². The second kappa shape index (κ2) is 50.2. The van der Waals surface area contributed by atoms with Gasteiger partial charge in [-0.2, -0.15) is 0 Å². The summed E-state index contributed by atoms with van der Waals surface area (Å²) in [6, 6.07) is 0. The lowest BCUT2D eigenvalue weighted by Crippen LogP contribution is -2.28. The van der Waals surface area contributed by atoms with Gasteiger partial charge in [0.15, 0.2) is 6.10 Å². The smallest absolute Gasteiger partial charge is 0.306 e. The molecule has 0 aromatic heterocycles. The number of allylic oxidation sites excluding steroid dienone is 16. The molecule has 0 fully saturated rings. The van der Waals surface area contributed by atoms with Crippen molar-refractivity contribution in [1.29, 1.82) is 0 Å². The third kappa shape index (κ3) is 47.5. The van der Waals surface area contributed by atoms with Crippen molar-refractivity contribution in [3.05, 3.63) is 97.2 Å². The van der Waals surface area contributed by atoms with Crippen molar-refractivity contribution in [1.82, 2.24) is 0 Å². The molecular weight excluding hydrogens is 741 g/mol. The number of esters is 2. The summed E-state index contributed by atoms with van der Waals surface area (Å²) in [5, 5.41) is 9.60. The Kier molecular flexibility index (Phi) is 47.5. The molecule has 1 unspecified atom stereocenters. The van der Waals surface area contributed by atoms with Crippen LogP contribution in [0.25, 0.3) is 0 Å². The van der Waals surface area contributed by atoms with Crippen LogP contribution in [0.1, 0.15) is 219 Å². The van der Waals surface area contributed by atoms with E-state index in [1.165, 1.54) is 122 Å². The quantitative estimate of drug-likeness (QED) is 0.0376. The summed E-state index contributed by atoms with van der Waals surface area (Å²) in [6.07, 6.45) is 70.8. The molecule has 1 N–H and O–H groups in total. The fraction of sp³-hybridized carbons (Fsp3) is 0.673. The van der Waals surface area contributed by atoms with Crippen molar-refractivity contribution in [3.8, 4) is 0 Å². The zero-order chi connectivity index (χ0) is 43.5. The Morgan fingerprint density at radius 2 is 0.750 bits per heavy atom. The summed E-state index contributed by atoms with van der Waals surface area (Å²) in [7, 11) is 0. The predicted octanol–water partition coefficient (Wildman–Crippen LogP) is 16.4. The summed E-state index contributed by atoms with van der Waals surface area (Å²) in [5.74, 6) is -0.691. The Hall–Kier alpha value is -3.18. The number of rotatable bonds is 44. The Balaban J connectivity index is 3.59. The van der Waals surface area contributed by atoms with E-state index >= 15 is 0 Å². The van der Waals surface area contributed by atoms with Gasteiger partial charge in [-0.25, -0.2) is 0 Å². The molecule has 60 heavy (non-hydrogen) atoms. The van der Waals surface area contributed by atoms with Crippen LogP contribution in [-0.2, 0) is 19.1 Å². The molecule has 1 atom stereocenters. The van der Waals surface area contributed by atoms with Crippen LogP contribution in [0.5, 0.6) is 0 Å². The number of carbonyl (C=O) groups excluding carboxylic acids is 2. The number of carbonyl (C=O) groups is 2. The number of hydrogen-bond acceptors (Lipinski definition) is 5. The van der Waals surface area contributed by atoms with E-state index < -0.39 is 12.1 Å². The van der Waals surface area contributed by atoms with E-state index in [9.17, 15) is 14.7 Å². The number of ether oxygens (including phenoxy) is 2. The zero-order valence-corrected chi connectivity index (χ0v) is 38.9. The molecule has 0 aromatic carbocycles. The van der Waals surface area contributed by atoms with Crippen molar-refractivity contribution in [2.24, 2.45) is 0 Å². The summed E-state index contributed by atoms with van der Waals surface area (Å²) in [6.45, 7) is 3.96. The molecule has 5 heteroatoms.